The molecule has 1 saturated carbocycles. The highest BCUT2D eigenvalue weighted by Gasteiger charge is 2.50. The second kappa shape index (κ2) is 8.72. The van der Waals surface area contributed by atoms with Gasteiger partial charge in [0.25, 0.3) is 5.91 Å². The fourth-order valence-corrected chi connectivity index (χ4v) is 4.56. The van der Waals surface area contributed by atoms with Gasteiger partial charge in [0.15, 0.2) is 5.75 Å². The first-order valence-corrected chi connectivity index (χ1v) is 11.1. The second-order valence-corrected chi connectivity index (χ2v) is 8.45. The van der Waals surface area contributed by atoms with Crippen LogP contribution in [0.1, 0.15) is 28.8 Å². The van der Waals surface area contributed by atoms with Gasteiger partial charge in [0.05, 0.1) is 5.69 Å². The quantitative estimate of drug-likeness (QED) is 0.658. The molecule has 1 aliphatic heterocycles. The van der Waals surface area contributed by atoms with E-state index in [2.05, 4.69) is 21.8 Å². The van der Waals surface area contributed by atoms with E-state index in [0.717, 1.165) is 25.0 Å². The average Bonchev–Trinajstić information content (AvgIpc) is 3.56. The summed E-state index contributed by atoms with van der Waals surface area (Å²) in [5, 5.41) is 0. The minimum absolute atomic E-state index is 0.00537. The average molecular weight is 468 g/mol. The Morgan fingerprint density at radius 1 is 1.06 bits per heavy atom. The van der Waals surface area contributed by atoms with E-state index < -0.39 is 35.0 Å². The molecular formula is C21H21F3N3O4S-. The van der Waals surface area contributed by atoms with Crippen LogP contribution in [0.3, 0.4) is 0 Å². The molecule has 7 nitrogen and oxygen atoms in total. The molecule has 2 aromatic rings. The maximum Gasteiger partial charge on any atom is 0.573 e. The lowest BCUT2D eigenvalue weighted by Crippen LogP contribution is -2.52. The van der Waals surface area contributed by atoms with Gasteiger partial charge < -0.3 is 18.9 Å². The van der Waals surface area contributed by atoms with Gasteiger partial charge in [0.2, 0.25) is 0 Å². The van der Waals surface area contributed by atoms with Crippen molar-refractivity contribution >= 4 is 22.9 Å². The normalized spacial score (nSPS) is 19.3. The number of piperazine rings is 1. The van der Waals surface area contributed by atoms with E-state index in [1.807, 2.05) is 22.9 Å². The van der Waals surface area contributed by atoms with Gasteiger partial charge in [-0.1, -0.05) is 30.3 Å². The molecule has 1 N–H and O–H groups in total. The van der Waals surface area contributed by atoms with Crippen molar-refractivity contribution in [2.75, 3.05) is 30.9 Å². The Labute approximate surface area is 185 Å². The van der Waals surface area contributed by atoms with Gasteiger partial charge in [-0.3, -0.25) is 13.9 Å². The molecule has 1 saturated heterocycles. The number of halogens is 3. The molecule has 1 amide bonds. The van der Waals surface area contributed by atoms with Gasteiger partial charge in [0.1, 0.15) is 0 Å². The Morgan fingerprint density at radius 2 is 1.72 bits per heavy atom. The zero-order valence-corrected chi connectivity index (χ0v) is 17.7. The Kier molecular flexibility index (Phi) is 6.15. The fourth-order valence-electron chi connectivity index (χ4n) is 4.21. The summed E-state index contributed by atoms with van der Waals surface area (Å²) in [6.45, 7) is 2.18. The first-order chi connectivity index (χ1) is 15.2. The third-order valence-corrected chi connectivity index (χ3v) is 6.24. The van der Waals surface area contributed by atoms with E-state index in [9.17, 15) is 26.7 Å². The minimum atomic E-state index is -5.04. The number of alkyl halides is 3. The topological polar surface area (TPSA) is 84.9 Å². The van der Waals surface area contributed by atoms with Crippen LogP contribution in [0.4, 0.5) is 18.9 Å². The Hall–Kier alpha value is -2.63. The SMILES string of the molecule is O=C(c1ccc(NS(=O)[O-])c(OC(F)(F)F)c1)N1CCN(C2(c3ccccc3)CC2)CC1. The van der Waals surface area contributed by atoms with Gasteiger partial charge in [-0.05, 0) is 36.6 Å². The Bertz CT molecular complexity index is 1010. The highest BCUT2D eigenvalue weighted by molar-refractivity contribution is 7.80. The van der Waals surface area contributed by atoms with Crippen molar-refractivity contribution in [3.05, 3.63) is 59.7 Å². The van der Waals surface area contributed by atoms with Gasteiger partial charge >= 0.3 is 6.36 Å². The highest BCUT2D eigenvalue weighted by Crippen LogP contribution is 2.51. The van der Waals surface area contributed by atoms with Gasteiger partial charge in [-0.15, -0.1) is 13.2 Å². The van der Waals surface area contributed by atoms with E-state index in [-0.39, 0.29) is 11.1 Å². The Balaban J connectivity index is 1.46. The highest BCUT2D eigenvalue weighted by atomic mass is 32.2. The van der Waals surface area contributed by atoms with Gasteiger partial charge in [-0.25, -0.2) is 0 Å². The van der Waals surface area contributed by atoms with Crippen molar-refractivity contribution < 1.29 is 31.5 Å². The van der Waals surface area contributed by atoms with Gasteiger partial charge in [-0.2, -0.15) is 0 Å². The molecule has 2 fully saturated rings. The molecular weight excluding hydrogens is 447 g/mol. The summed E-state index contributed by atoms with van der Waals surface area (Å²) in [6.07, 6.45) is -2.93. The summed E-state index contributed by atoms with van der Waals surface area (Å²) in [5.74, 6) is -1.22. The number of rotatable bonds is 6. The molecule has 0 radical (unpaired) electrons. The third kappa shape index (κ3) is 4.89. The fraction of sp³-hybridized carbons (Fsp3) is 0.381. The van der Waals surface area contributed by atoms with Crippen LogP contribution in [0, 0.1) is 0 Å². The third-order valence-electron chi connectivity index (χ3n) is 5.85. The second-order valence-electron chi connectivity index (χ2n) is 7.77. The van der Waals surface area contributed by atoms with Crippen LogP contribution in [0.2, 0.25) is 0 Å². The molecule has 2 aromatic carbocycles. The summed E-state index contributed by atoms with van der Waals surface area (Å²) < 4.78 is 65.7. The smallest absolute Gasteiger partial charge is 0.573 e. The molecule has 2 aliphatic rings. The number of anilines is 1. The summed E-state index contributed by atoms with van der Waals surface area (Å²) >= 11 is -2.85. The number of carbonyl (C=O) groups is 1. The number of ether oxygens (including phenoxy) is 1. The van der Waals surface area contributed by atoms with E-state index in [1.165, 1.54) is 11.6 Å². The van der Waals surface area contributed by atoms with Crippen molar-refractivity contribution in [3.8, 4) is 5.75 Å². The predicted octanol–water partition coefficient (Wildman–Crippen LogP) is 3.24. The van der Waals surface area contributed by atoms with Crippen molar-refractivity contribution in [1.82, 2.24) is 9.80 Å². The maximum atomic E-state index is 12.9. The number of carbonyl (C=O) groups excluding carboxylic acids is 1. The zero-order valence-electron chi connectivity index (χ0n) is 16.9. The number of benzene rings is 2. The van der Waals surface area contributed by atoms with E-state index in [4.69, 9.17) is 0 Å². The molecule has 0 aromatic heterocycles. The Morgan fingerprint density at radius 3 is 2.28 bits per heavy atom. The molecule has 0 spiro atoms. The number of hydrogen-bond donors (Lipinski definition) is 1. The lowest BCUT2D eigenvalue weighted by Gasteiger charge is -2.40. The van der Waals surface area contributed by atoms with Crippen LogP contribution in [-0.2, 0) is 16.8 Å². The van der Waals surface area contributed by atoms with Gasteiger partial charge in [0, 0.05) is 48.5 Å². The molecule has 1 atom stereocenters. The molecule has 0 bridgehead atoms. The molecule has 172 valence electrons. The number of nitrogens with zero attached hydrogens (tertiary/aromatic N) is 2. The summed E-state index contributed by atoms with van der Waals surface area (Å²) in [4.78, 5) is 16.9. The monoisotopic (exact) mass is 468 g/mol. The largest absolute Gasteiger partial charge is 0.755 e. The minimum Gasteiger partial charge on any atom is -0.755 e. The van der Waals surface area contributed by atoms with Crippen LogP contribution in [0.5, 0.6) is 5.75 Å². The van der Waals surface area contributed by atoms with Crippen molar-refractivity contribution in [2.24, 2.45) is 0 Å². The number of hydrogen-bond acceptors (Lipinski definition) is 5. The number of nitrogens with one attached hydrogen (secondary N) is 1. The molecule has 1 heterocycles. The lowest BCUT2D eigenvalue weighted by molar-refractivity contribution is -0.274. The van der Waals surface area contributed by atoms with E-state index in [0.29, 0.717) is 26.2 Å². The van der Waals surface area contributed by atoms with Crippen molar-refractivity contribution in [2.45, 2.75) is 24.7 Å². The van der Waals surface area contributed by atoms with Crippen LogP contribution < -0.4 is 9.46 Å². The molecule has 1 unspecified atom stereocenters. The molecule has 4 rings (SSSR count). The van der Waals surface area contributed by atoms with E-state index >= 15 is 0 Å². The molecule has 1 aliphatic carbocycles. The molecule has 32 heavy (non-hydrogen) atoms. The van der Waals surface area contributed by atoms with Crippen molar-refractivity contribution in [1.29, 1.82) is 0 Å². The summed E-state index contributed by atoms with van der Waals surface area (Å²) in [5.41, 5.74) is 0.845. The maximum absolute atomic E-state index is 12.9. The molecule has 11 heteroatoms. The summed E-state index contributed by atoms with van der Waals surface area (Å²) in [6, 6.07) is 13.5. The predicted molar refractivity (Wildman–Crippen MR) is 110 cm³/mol. The number of amides is 1. The van der Waals surface area contributed by atoms with Crippen LogP contribution in [0.15, 0.2) is 48.5 Å². The first kappa shape index (κ1) is 22.6. The summed E-state index contributed by atoms with van der Waals surface area (Å²) in [7, 11) is 0. The van der Waals surface area contributed by atoms with E-state index in [1.54, 1.807) is 4.90 Å². The van der Waals surface area contributed by atoms with Crippen LogP contribution in [0.25, 0.3) is 0 Å². The lowest BCUT2D eigenvalue weighted by atomic mass is 10.0. The zero-order chi connectivity index (χ0) is 22.9. The first-order valence-electron chi connectivity index (χ1n) is 10.0. The standard InChI is InChI=1S/C21H22F3N3O4S/c22-21(23,24)31-18-14-15(6-7-17(18)25-32(29)30)19(28)26-10-12-27(13-11-26)20(8-9-20)16-4-2-1-3-5-16/h1-7,14,25H,8-13H2,(H,29,30)/p-1. The van der Waals surface area contributed by atoms with Crippen LogP contribution >= 0.6 is 0 Å². The van der Waals surface area contributed by atoms with Crippen LogP contribution in [-0.4, -0.2) is 57.0 Å². The van der Waals surface area contributed by atoms with Crippen molar-refractivity contribution in [3.63, 3.8) is 0 Å².